The van der Waals surface area contributed by atoms with Gasteiger partial charge in [0.15, 0.2) is 11.5 Å². The van der Waals surface area contributed by atoms with E-state index in [-0.39, 0.29) is 0 Å². The molecule has 0 amide bonds. The van der Waals surface area contributed by atoms with E-state index in [1.807, 2.05) is 12.1 Å². The highest BCUT2D eigenvalue weighted by Crippen LogP contribution is 2.38. The van der Waals surface area contributed by atoms with Gasteiger partial charge in [0.05, 0.1) is 19.2 Å². The molecule has 1 aliphatic heterocycles. The quantitative estimate of drug-likeness (QED) is 0.883. The molecule has 0 aliphatic carbocycles. The number of nitrogens with one attached hydrogen (secondary N) is 1. The Morgan fingerprint density at radius 3 is 2.69 bits per heavy atom. The molecule has 0 bridgehead atoms. The molecule has 0 aromatic heterocycles. The maximum atomic E-state index is 6.16. The molecule has 0 radical (unpaired) electrons. The molecule has 1 heterocycles. The fourth-order valence-electron chi connectivity index (χ4n) is 2.11. The van der Waals surface area contributed by atoms with Crippen LogP contribution in [0.25, 0.3) is 0 Å². The summed E-state index contributed by atoms with van der Waals surface area (Å²) in [6, 6.07) is 4.33. The largest absolute Gasteiger partial charge is 0.493 e. The summed E-state index contributed by atoms with van der Waals surface area (Å²) in [6.07, 6.45) is 2.35. The molecule has 2 rings (SSSR count). The van der Waals surface area contributed by atoms with Crippen LogP contribution in [0.3, 0.4) is 0 Å². The van der Waals surface area contributed by atoms with Gasteiger partial charge in [-0.15, -0.1) is 0 Å². The van der Waals surface area contributed by atoms with Gasteiger partial charge in [0, 0.05) is 6.04 Å². The molecule has 16 heavy (non-hydrogen) atoms. The first-order chi connectivity index (χ1) is 7.76. The highest BCUT2D eigenvalue weighted by molar-refractivity contribution is 6.32. The maximum absolute atomic E-state index is 6.16. The number of hydrogen-bond acceptors (Lipinski definition) is 3. The molecular formula is C12H16ClNO2. The topological polar surface area (TPSA) is 30.5 Å². The maximum Gasteiger partial charge on any atom is 0.179 e. The molecule has 1 atom stereocenters. The Morgan fingerprint density at radius 1 is 1.31 bits per heavy atom. The van der Waals surface area contributed by atoms with Crippen LogP contribution in [-0.2, 0) is 0 Å². The Bertz CT molecular complexity index is 376. The third kappa shape index (κ3) is 2.11. The number of ether oxygens (including phenoxy) is 2. The van der Waals surface area contributed by atoms with E-state index in [0.29, 0.717) is 22.6 Å². The second-order valence-electron chi connectivity index (χ2n) is 3.89. The molecule has 1 unspecified atom stereocenters. The lowest BCUT2D eigenvalue weighted by Crippen LogP contribution is -2.13. The Labute approximate surface area is 101 Å². The predicted molar refractivity (Wildman–Crippen MR) is 64.5 cm³/mol. The lowest BCUT2D eigenvalue weighted by molar-refractivity contribution is 0.354. The number of benzene rings is 1. The van der Waals surface area contributed by atoms with Crippen molar-refractivity contribution >= 4 is 11.6 Å². The van der Waals surface area contributed by atoms with Crippen LogP contribution in [0.5, 0.6) is 11.5 Å². The molecule has 1 fully saturated rings. The van der Waals surface area contributed by atoms with Gasteiger partial charge < -0.3 is 14.8 Å². The lowest BCUT2D eigenvalue weighted by atomic mass is 10.0. The van der Waals surface area contributed by atoms with Crippen molar-refractivity contribution in [3.63, 3.8) is 0 Å². The Kier molecular flexibility index (Phi) is 3.56. The van der Waals surface area contributed by atoms with Crippen LogP contribution in [-0.4, -0.2) is 20.8 Å². The Balaban J connectivity index is 2.36. The van der Waals surface area contributed by atoms with Crippen molar-refractivity contribution in [1.82, 2.24) is 5.32 Å². The van der Waals surface area contributed by atoms with E-state index in [9.17, 15) is 0 Å². The zero-order chi connectivity index (χ0) is 11.5. The number of rotatable bonds is 3. The van der Waals surface area contributed by atoms with Crippen LogP contribution in [0.4, 0.5) is 0 Å². The fourth-order valence-corrected chi connectivity index (χ4v) is 2.40. The minimum absolute atomic E-state index is 0.386. The minimum Gasteiger partial charge on any atom is -0.493 e. The molecule has 1 aromatic carbocycles. The summed E-state index contributed by atoms with van der Waals surface area (Å²) in [7, 11) is 3.22. The number of methoxy groups -OCH3 is 2. The van der Waals surface area contributed by atoms with Crippen molar-refractivity contribution in [3.8, 4) is 11.5 Å². The van der Waals surface area contributed by atoms with Crippen molar-refractivity contribution in [2.24, 2.45) is 0 Å². The molecule has 1 saturated heterocycles. The molecule has 1 aliphatic rings. The molecule has 0 saturated carbocycles. The molecule has 0 spiro atoms. The van der Waals surface area contributed by atoms with Crippen molar-refractivity contribution < 1.29 is 9.47 Å². The van der Waals surface area contributed by atoms with Gasteiger partial charge in [-0.05, 0) is 37.1 Å². The van der Waals surface area contributed by atoms with Gasteiger partial charge in [0.25, 0.3) is 0 Å². The number of hydrogen-bond donors (Lipinski definition) is 1. The van der Waals surface area contributed by atoms with Gasteiger partial charge >= 0.3 is 0 Å². The molecule has 4 heteroatoms. The van der Waals surface area contributed by atoms with E-state index < -0.39 is 0 Å². The van der Waals surface area contributed by atoms with Gasteiger partial charge in [-0.2, -0.15) is 0 Å². The third-order valence-electron chi connectivity index (χ3n) is 2.92. The average molecular weight is 242 g/mol. The van der Waals surface area contributed by atoms with E-state index in [2.05, 4.69) is 5.32 Å². The van der Waals surface area contributed by atoms with Crippen molar-refractivity contribution in [3.05, 3.63) is 22.7 Å². The molecular weight excluding hydrogens is 226 g/mol. The van der Waals surface area contributed by atoms with Crippen molar-refractivity contribution in [2.75, 3.05) is 20.8 Å². The standard InChI is InChI=1S/C12H16ClNO2/c1-15-11-7-8(10-4-3-5-14-10)6-9(13)12(11)16-2/h6-7,10,14H,3-5H2,1-2H3. The fraction of sp³-hybridized carbons (Fsp3) is 0.500. The first kappa shape index (κ1) is 11.6. The normalized spacial score (nSPS) is 19.8. The van der Waals surface area contributed by atoms with Crippen LogP contribution < -0.4 is 14.8 Å². The molecule has 1 N–H and O–H groups in total. The molecule has 1 aromatic rings. The second-order valence-corrected chi connectivity index (χ2v) is 4.29. The summed E-state index contributed by atoms with van der Waals surface area (Å²) in [5, 5.41) is 4.04. The summed E-state index contributed by atoms with van der Waals surface area (Å²) < 4.78 is 10.5. The average Bonchev–Trinajstić information content (AvgIpc) is 2.81. The zero-order valence-corrected chi connectivity index (χ0v) is 10.3. The van der Waals surface area contributed by atoms with Crippen LogP contribution >= 0.6 is 11.6 Å². The first-order valence-corrected chi connectivity index (χ1v) is 5.79. The van der Waals surface area contributed by atoms with E-state index in [0.717, 1.165) is 13.0 Å². The Morgan fingerprint density at radius 2 is 2.12 bits per heavy atom. The summed E-state index contributed by atoms with van der Waals surface area (Å²) in [4.78, 5) is 0. The van der Waals surface area contributed by atoms with Gasteiger partial charge in [0.2, 0.25) is 0 Å². The van der Waals surface area contributed by atoms with Crippen LogP contribution in [0.15, 0.2) is 12.1 Å². The van der Waals surface area contributed by atoms with E-state index in [1.54, 1.807) is 14.2 Å². The first-order valence-electron chi connectivity index (χ1n) is 5.41. The van der Waals surface area contributed by atoms with Gasteiger partial charge in [-0.3, -0.25) is 0 Å². The van der Waals surface area contributed by atoms with Crippen LogP contribution in [0.2, 0.25) is 5.02 Å². The van der Waals surface area contributed by atoms with Crippen molar-refractivity contribution in [2.45, 2.75) is 18.9 Å². The molecule has 88 valence electrons. The van der Waals surface area contributed by atoms with Gasteiger partial charge in [-0.25, -0.2) is 0 Å². The third-order valence-corrected chi connectivity index (χ3v) is 3.20. The summed E-state index contributed by atoms with van der Waals surface area (Å²) in [5.41, 5.74) is 1.17. The SMILES string of the molecule is COc1cc(C2CCCN2)cc(Cl)c1OC. The second kappa shape index (κ2) is 4.93. The van der Waals surface area contributed by atoms with Gasteiger partial charge in [-0.1, -0.05) is 11.6 Å². The Hall–Kier alpha value is -0.930. The van der Waals surface area contributed by atoms with Gasteiger partial charge in [0.1, 0.15) is 0 Å². The molecule has 3 nitrogen and oxygen atoms in total. The van der Waals surface area contributed by atoms with E-state index >= 15 is 0 Å². The highest BCUT2D eigenvalue weighted by Gasteiger charge is 2.19. The van der Waals surface area contributed by atoms with E-state index in [1.165, 1.54) is 12.0 Å². The van der Waals surface area contributed by atoms with Crippen LogP contribution in [0, 0.1) is 0 Å². The summed E-state index contributed by atoms with van der Waals surface area (Å²) in [6.45, 7) is 1.07. The lowest BCUT2D eigenvalue weighted by Gasteiger charge is -2.15. The van der Waals surface area contributed by atoms with E-state index in [4.69, 9.17) is 21.1 Å². The summed E-state index contributed by atoms with van der Waals surface area (Å²) >= 11 is 6.16. The summed E-state index contributed by atoms with van der Waals surface area (Å²) in [5.74, 6) is 1.30. The monoisotopic (exact) mass is 241 g/mol. The number of halogens is 1. The minimum atomic E-state index is 0.386. The highest BCUT2D eigenvalue weighted by atomic mass is 35.5. The predicted octanol–water partition coefficient (Wildman–Crippen LogP) is 2.78. The zero-order valence-electron chi connectivity index (χ0n) is 9.55. The van der Waals surface area contributed by atoms with Crippen molar-refractivity contribution in [1.29, 1.82) is 0 Å². The smallest absolute Gasteiger partial charge is 0.179 e. The van der Waals surface area contributed by atoms with Crippen LogP contribution in [0.1, 0.15) is 24.4 Å².